The van der Waals surface area contributed by atoms with Crippen LogP contribution in [0.5, 0.6) is 0 Å². The number of hydrogen-bond donors (Lipinski definition) is 1. The molecule has 4 aromatic heterocycles. The quantitative estimate of drug-likeness (QED) is 0.418. The van der Waals surface area contributed by atoms with Crippen LogP contribution in [0.1, 0.15) is 38.2 Å². The number of aryl methyl sites for hydroxylation is 1. The number of rotatable bonds is 7. The number of aromatic nitrogens is 7. The molecule has 0 amide bonds. The molecule has 4 heterocycles. The summed E-state index contributed by atoms with van der Waals surface area (Å²) in [6, 6.07) is 2.93. The van der Waals surface area contributed by atoms with Crippen molar-refractivity contribution < 1.29 is 8.42 Å². The molecule has 176 valence electrons. The van der Waals surface area contributed by atoms with Crippen molar-refractivity contribution in [3.05, 3.63) is 58.8 Å². The Morgan fingerprint density at radius 1 is 1.06 bits per heavy atom. The van der Waals surface area contributed by atoms with Crippen molar-refractivity contribution in [2.45, 2.75) is 45.2 Å². The minimum absolute atomic E-state index is 0.00266. The molecule has 34 heavy (non-hydrogen) atoms. The lowest BCUT2D eigenvalue weighted by atomic mass is 10.2. The third-order valence-corrected chi connectivity index (χ3v) is 6.99. The Kier molecular flexibility index (Phi) is 6.33. The van der Waals surface area contributed by atoms with Gasteiger partial charge in [0, 0.05) is 18.4 Å². The van der Waals surface area contributed by atoms with Gasteiger partial charge < -0.3 is 5.32 Å². The molecule has 4 aromatic rings. The lowest BCUT2D eigenvalue weighted by Crippen LogP contribution is -2.27. The Bertz CT molecular complexity index is 1520. The molecule has 0 saturated carbocycles. The van der Waals surface area contributed by atoms with Gasteiger partial charge in [0.15, 0.2) is 27.1 Å². The van der Waals surface area contributed by atoms with Crippen LogP contribution in [0.15, 0.2) is 46.7 Å². The van der Waals surface area contributed by atoms with Crippen molar-refractivity contribution in [3.63, 3.8) is 0 Å². The van der Waals surface area contributed by atoms with E-state index in [9.17, 15) is 13.2 Å². The van der Waals surface area contributed by atoms with E-state index < -0.39 is 9.84 Å². The SMILES string of the molecule is CCS(=O)(=O)c1ccc(CNc2nc3cnc(-c4cncnc4C)nc3n(C(C)C)c2=O)nc1. The monoisotopic (exact) mass is 480 g/mol. The highest BCUT2D eigenvalue weighted by Crippen LogP contribution is 2.21. The molecule has 0 unspecified atom stereocenters. The zero-order valence-electron chi connectivity index (χ0n) is 19.2. The molecule has 12 heteroatoms. The van der Waals surface area contributed by atoms with Crippen LogP contribution in [0.25, 0.3) is 22.6 Å². The number of sulfone groups is 1. The molecule has 0 aliphatic rings. The first-order valence-corrected chi connectivity index (χ1v) is 12.3. The van der Waals surface area contributed by atoms with Crippen LogP contribution in [0.2, 0.25) is 0 Å². The number of fused-ring (bicyclic) bond motifs is 1. The first-order valence-electron chi connectivity index (χ1n) is 10.7. The lowest BCUT2D eigenvalue weighted by Gasteiger charge is -2.16. The molecule has 0 aromatic carbocycles. The van der Waals surface area contributed by atoms with Gasteiger partial charge in [-0.1, -0.05) is 6.92 Å². The first-order chi connectivity index (χ1) is 16.2. The van der Waals surface area contributed by atoms with Crippen molar-refractivity contribution in [1.82, 2.24) is 34.5 Å². The molecule has 0 atom stereocenters. The molecule has 11 nitrogen and oxygen atoms in total. The van der Waals surface area contributed by atoms with E-state index in [4.69, 9.17) is 0 Å². The lowest BCUT2D eigenvalue weighted by molar-refractivity contribution is 0.593. The fourth-order valence-electron chi connectivity index (χ4n) is 3.38. The number of anilines is 1. The van der Waals surface area contributed by atoms with Crippen LogP contribution in [0, 0.1) is 6.92 Å². The minimum Gasteiger partial charge on any atom is -0.360 e. The van der Waals surface area contributed by atoms with E-state index in [0.717, 1.165) is 5.69 Å². The Balaban J connectivity index is 1.69. The van der Waals surface area contributed by atoms with E-state index in [1.54, 1.807) is 30.0 Å². The minimum atomic E-state index is -3.32. The van der Waals surface area contributed by atoms with E-state index >= 15 is 0 Å². The maximum atomic E-state index is 13.2. The smallest absolute Gasteiger partial charge is 0.295 e. The van der Waals surface area contributed by atoms with Crippen molar-refractivity contribution in [3.8, 4) is 11.4 Å². The molecule has 0 fully saturated rings. The zero-order chi connectivity index (χ0) is 24.5. The van der Waals surface area contributed by atoms with Gasteiger partial charge in [-0.3, -0.25) is 14.3 Å². The van der Waals surface area contributed by atoms with Gasteiger partial charge in [-0.05, 0) is 32.9 Å². The van der Waals surface area contributed by atoms with Gasteiger partial charge >= 0.3 is 0 Å². The molecule has 1 N–H and O–H groups in total. The summed E-state index contributed by atoms with van der Waals surface area (Å²) in [6.45, 7) is 7.38. The normalized spacial score (nSPS) is 11.8. The summed E-state index contributed by atoms with van der Waals surface area (Å²) in [6.07, 6.45) is 5.97. The second-order valence-electron chi connectivity index (χ2n) is 7.90. The summed E-state index contributed by atoms with van der Waals surface area (Å²) in [7, 11) is -3.32. The average molecular weight is 481 g/mol. The van der Waals surface area contributed by atoms with Gasteiger partial charge in [-0.2, -0.15) is 0 Å². The highest BCUT2D eigenvalue weighted by atomic mass is 32.2. The van der Waals surface area contributed by atoms with Gasteiger partial charge in [0.1, 0.15) is 11.8 Å². The largest absolute Gasteiger partial charge is 0.360 e. The zero-order valence-corrected chi connectivity index (χ0v) is 20.0. The number of nitrogens with one attached hydrogen (secondary N) is 1. The standard InChI is InChI=1S/C22H24N8O3S/c1-5-34(32,33)16-7-6-15(24-9-16)8-25-20-22(31)30(13(2)3)21-18(28-20)11-26-19(29-21)17-10-23-12-27-14(17)4/h6-7,9-13H,5,8H2,1-4H3,(H,25,28). The Labute approximate surface area is 196 Å². The van der Waals surface area contributed by atoms with E-state index in [1.165, 1.54) is 18.6 Å². The van der Waals surface area contributed by atoms with Crippen LogP contribution < -0.4 is 10.9 Å². The first kappa shape index (κ1) is 23.4. The maximum Gasteiger partial charge on any atom is 0.295 e. The summed E-state index contributed by atoms with van der Waals surface area (Å²) < 4.78 is 25.5. The molecular formula is C22H24N8O3S. The molecule has 0 bridgehead atoms. The van der Waals surface area contributed by atoms with E-state index in [1.807, 2.05) is 20.8 Å². The second kappa shape index (κ2) is 9.21. The molecule has 4 rings (SSSR count). The van der Waals surface area contributed by atoms with Crippen LogP contribution in [0.3, 0.4) is 0 Å². The molecule has 0 saturated heterocycles. The second-order valence-corrected chi connectivity index (χ2v) is 10.2. The summed E-state index contributed by atoms with van der Waals surface area (Å²) in [5.41, 5.74) is 2.49. The summed E-state index contributed by atoms with van der Waals surface area (Å²) in [5.74, 6) is 0.542. The third kappa shape index (κ3) is 4.49. The Morgan fingerprint density at radius 3 is 2.50 bits per heavy atom. The number of hydrogen-bond acceptors (Lipinski definition) is 10. The third-order valence-electron chi connectivity index (χ3n) is 5.27. The number of nitrogens with zero attached hydrogens (tertiary/aromatic N) is 7. The van der Waals surface area contributed by atoms with Crippen LogP contribution >= 0.6 is 0 Å². The van der Waals surface area contributed by atoms with E-state index in [2.05, 4.69) is 35.2 Å². The summed E-state index contributed by atoms with van der Waals surface area (Å²) >= 11 is 0. The predicted octanol–water partition coefficient (Wildman–Crippen LogP) is 2.33. The van der Waals surface area contributed by atoms with Crippen LogP contribution in [0.4, 0.5) is 5.82 Å². The molecular weight excluding hydrogens is 456 g/mol. The van der Waals surface area contributed by atoms with Gasteiger partial charge in [0.2, 0.25) is 0 Å². The molecule has 0 radical (unpaired) electrons. The van der Waals surface area contributed by atoms with Crippen LogP contribution in [-0.2, 0) is 16.4 Å². The van der Waals surface area contributed by atoms with E-state index in [-0.39, 0.29) is 34.6 Å². The van der Waals surface area contributed by atoms with Crippen molar-refractivity contribution >= 4 is 26.8 Å². The molecule has 0 spiro atoms. The van der Waals surface area contributed by atoms with Gasteiger partial charge in [-0.15, -0.1) is 0 Å². The Hall–Kier alpha value is -3.80. The number of pyridine rings is 1. The molecule has 0 aliphatic heterocycles. The molecule has 0 aliphatic carbocycles. The van der Waals surface area contributed by atoms with Gasteiger partial charge in [0.05, 0.1) is 40.3 Å². The highest BCUT2D eigenvalue weighted by Gasteiger charge is 2.17. The fraction of sp³-hybridized carbons (Fsp3) is 0.318. The van der Waals surface area contributed by atoms with Crippen molar-refractivity contribution in [2.24, 2.45) is 0 Å². The van der Waals surface area contributed by atoms with E-state index in [0.29, 0.717) is 28.2 Å². The fourth-order valence-corrected chi connectivity index (χ4v) is 4.20. The van der Waals surface area contributed by atoms with Gasteiger partial charge in [0.25, 0.3) is 5.56 Å². The average Bonchev–Trinajstić information content (AvgIpc) is 2.82. The maximum absolute atomic E-state index is 13.2. The Morgan fingerprint density at radius 2 is 1.85 bits per heavy atom. The summed E-state index contributed by atoms with van der Waals surface area (Å²) in [5, 5.41) is 3.01. The van der Waals surface area contributed by atoms with Crippen LogP contribution in [-0.4, -0.2) is 48.6 Å². The van der Waals surface area contributed by atoms with Gasteiger partial charge in [-0.25, -0.2) is 33.3 Å². The predicted molar refractivity (Wildman–Crippen MR) is 127 cm³/mol. The highest BCUT2D eigenvalue weighted by molar-refractivity contribution is 7.91. The topological polar surface area (TPSA) is 146 Å². The van der Waals surface area contributed by atoms with Crippen molar-refractivity contribution in [1.29, 1.82) is 0 Å². The van der Waals surface area contributed by atoms with Crippen molar-refractivity contribution in [2.75, 3.05) is 11.1 Å². The summed E-state index contributed by atoms with van der Waals surface area (Å²) in [4.78, 5) is 39.3.